The molecular formula is C18H21Cl2F2IN4O. The van der Waals surface area contributed by atoms with Crippen molar-refractivity contribution in [1.29, 1.82) is 0 Å². The number of alkyl halides is 2. The molecule has 0 fully saturated rings. The molecule has 28 heavy (non-hydrogen) atoms. The molecule has 0 aliphatic carbocycles. The smallest absolute Gasteiger partial charge is 0.387 e. The van der Waals surface area contributed by atoms with Crippen LogP contribution in [0.3, 0.4) is 0 Å². The first-order chi connectivity index (χ1) is 13.0. The molecule has 2 rings (SSSR count). The van der Waals surface area contributed by atoms with Gasteiger partial charge in [-0.1, -0.05) is 29.3 Å². The van der Waals surface area contributed by atoms with E-state index in [0.29, 0.717) is 29.6 Å². The van der Waals surface area contributed by atoms with Gasteiger partial charge in [-0.2, -0.15) is 8.78 Å². The molecule has 0 bridgehead atoms. The summed E-state index contributed by atoms with van der Waals surface area (Å²) in [5.74, 6) is 0.423. The van der Waals surface area contributed by atoms with Gasteiger partial charge in [0.2, 0.25) is 0 Å². The van der Waals surface area contributed by atoms with Crippen LogP contribution in [-0.4, -0.2) is 30.6 Å². The minimum Gasteiger partial charge on any atom is -0.433 e. The predicted molar refractivity (Wildman–Crippen MR) is 119 cm³/mol. The molecule has 0 radical (unpaired) electrons. The summed E-state index contributed by atoms with van der Waals surface area (Å²) in [6.07, 6.45) is 4.28. The van der Waals surface area contributed by atoms with E-state index in [1.165, 1.54) is 12.1 Å². The van der Waals surface area contributed by atoms with E-state index in [1.54, 1.807) is 12.4 Å². The van der Waals surface area contributed by atoms with Crippen molar-refractivity contribution in [1.82, 2.24) is 15.6 Å². The largest absolute Gasteiger partial charge is 0.433 e. The zero-order valence-electron chi connectivity index (χ0n) is 15.1. The average molecular weight is 545 g/mol. The number of hydrogen-bond acceptors (Lipinski definition) is 3. The van der Waals surface area contributed by atoms with Gasteiger partial charge in [0.15, 0.2) is 5.96 Å². The SMILES string of the molecule is CCNC(=NCc1cc(Cl)cc(Cl)c1OC(F)F)NCCc1cccnc1.I. The highest BCUT2D eigenvalue weighted by atomic mass is 127. The van der Waals surface area contributed by atoms with E-state index in [2.05, 4.69) is 25.3 Å². The number of pyridine rings is 1. The van der Waals surface area contributed by atoms with Crippen molar-refractivity contribution in [3.63, 3.8) is 0 Å². The first-order valence-electron chi connectivity index (χ1n) is 8.33. The lowest BCUT2D eigenvalue weighted by Crippen LogP contribution is -2.38. The fourth-order valence-electron chi connectivity index (χ4n) is 2.33. The monoisotopic (exact) mass is 544 g/mol. The van der Waals surface area contributed by atoms with Gasteiger partial charge >= 0.3 is 6.61 Å². The molecule has 1 aromatic heterocycles. The van der Waals surface area contributed by atoms with Crippen molar-refractivity contribution < 1.29 is 13.5 Å². The lowest BCUT2D eigenvalue weighted by molar-refractivity contribution is -0.0503. The Balaban J connectivity index is 0.00000392. The van der Waals surface area contributed by atoms with Gasteiger partial charge in [-0.05, 0) is 37.1 Å². The van der Waals surface area contributed by atoms with E-state index in [-0.39, 0.29) is 41.3 Å². The lowest BCUT2D eigenvalue weighted by Gasteiger charge is -2.14. The number of benzene rings is 1. The Bertz CT molecular complexity index is 767. The molecule has 0 saturated carbocycles. The third-order valence-corrected chi connectivity index (χ3v) is 3.97. The third-order valence-electron chi connectivity index (χ3n) is 3.47. The van der Waals surface area contributed by atoms with Crippen LogP contribution in [0.1, 0.15) is 18.1 Å². The van der Waals surface area contributed by atoms with E-state index in [9.17, 15) is 8.78 Å². The van der Waals surface area contributed by atoms with E-state index in [0.717, 1.165) is 12.0 Å². The fourth-order valence-corrected chi connectivity index (χ4v) is 2.91. The molecule has 2 aromatic rings. The average Bonchev–Trinajstić information content (AvgIpc) is 2.63. The number of nitrogens with zero attached hydrogens (tertiary/aromatic N) is 2. The molecule has 5 nitrogen and oxygen atoms in total. The number of guanidine groups is 1. The molecule has 0 saturated heterocycles. The van der Waals surface area contributed by atoms with Crippen molar-refractivity contribution in [2.24, 2.45) is 4.99 Å². The number of nitrogens with one attached hydrogen (secondary N) is 2. The van der Waals surface area contributed by atoms with Gasteiger partial charge in [-0.25, -0.2) is 4.99 Å². The van der Waals surface area contributed by atoms with Gasteiger partial charge in [-0.3, -0.25) is 4.98 Å². The number of rotatable bonds is 8. The second-order valence-corrected chi connectivity index (χ2v) is 6.33. The normalized spacial score (nSPS) is 11.1. The van der Waals surface area contributed by atoms with Crippen LogP contribution in [0.15, 0.2) is 41.7 Å². The Morgan fingerprint density at radius 2 is 2.07 bits per heavy atom. The van der Waals surface area contributed by atoms with Gasteiger partial charge < -0.3 is 15.4 Å². The molecule has 0 atom stereocenters. The first-order valence-corrected chi connectivity index (χ1v) is 9.09. The van der Waals surface area contributed by atoms with Crippen molar-refractivity contribution in [3.8, 4) is 5.75 Å². The maximum Gasteiger partial charge on any atom is 0.387 e. The molecule has 154 valence electrons. The molecule has 1 heterocycles. The Labute approximate surface area is 189 Å². The van der Waals surface area contributed by atoms with Gasteiger partial charge in [-0.15, -0.1) is 24.0 Å². The van der Waals surface area contributed by atoms with Crippen molar-refractivity contribution in [3.05, 3.63) is 57.8 Å². The Morgan fingerprint density at radius 3 is 2.71 bits per heavy atom. The van der Waals surface area contributed by atoms with Crippen LogP contribution in [0.5, 0.6) is 5.75 Å². The van der Waals surface area contributed by atoms with Gasteiger partial charge in [0.05, 0.1) is 11.6 Å². The quantitative estimate of drug-likeness (QED) is 0.282. The standard InChI is InChI=1S/C18H20Cl2F2N4O.HI/c1-2-24-18(25-7-5-12-4-3-6-23-10-12)26-11-13-8-14(19)9-15(20)16(13)27-17(21)22;/h3-4,6,8-10,17H,2,5,7,11H2,1H3,(H2,24,25,26);1H. The predicted octanol–water partition coefficient (Wildman–Crippen LogP) is 4.91. The van der Waals surface area contributed by atoms with E-state index < -0.39 is 6.61 Å². The van der Waals surface area contributed by atoms with Gasteiger partial charge in [0.25, 0.3) is 0 Å². The lowest BCUT2D eigenvalue weighted by atomic mass is 10.2. The summed E-state index contributed by atoms with van der Waals surface area (Å²) in [4.78, 5) is 8.47. The summed E-state index contributed by atoms with van der Waals surface area (Å²) < 4.78 is 29.8. The summed E-state index contributed by atoms with van der Waals surface area (Å²) in [5.41, 5.74) is 1.47. The molecule has 0 aliphatic heterocycles. The highest BCUT2D eigenvalue weighted by molar-refractivity contribution is 14.0. The second-order valence-electron chi connectivity index (χ2n) is 5.49. The molecule has 2 N–H and O–H groups in total. The highest BCUT2D eigenvalue weighted by Crippen LogP contribution is 2.34. The van der Waals surface area contributed by atoms with Crippen LogP contribution in [0.4, 0.5) is 8.78 Å². The Hall–Kier alpha value is -1.39. The summed E-state index contributed by atoms with van der Waals surface area (Å²) in [6.45, 7) is 0.297. The third kappa shape index (κ3) is 8.32. The van der Waals surface area contributed by atoms with Crippen LogP contribution in [0.25, 0.3) is 0 Å². The molecule has 1 aromatic carbocycles. The zero-order valence-corrected chi connectivity index (χ0v) is 18.9. The minimum absolute atomic E-state index is 0. The van der Waals surface area contributed by atoms with Crippen LogP contribution >= 0.6 is 47.2 Å². The highest BCUT2D eigenvalue weighted by Gasteiger charge is 2.15. The minimum atomic E-state index is -2.99. The molecule has 0 aliphatic rings. The number of ether oxygens (including phenoxy) is 1. The number of aromatic nitrogens is 1. The second kappa shape index (κ2) is 12.9. The van der Waals surface area contributed by atoms with Crippen LogP contribution in [0, 0.1) is 0 Å². The summed E-state index contributed by atoms with van der Waals surface area (Å²) in [6, 6.07) is 6.72. The Morgan fingerprint density at radius 1 is 1.29 bits per heavy atom. The van der Waals surface area contributed by atoms with Crippen molar-refractivity contribution >= 4 is 53.1 Å². The molecule has 0 amide bonds. The maximum atomic E-state index is 12.6. The topological polar surface area (TPSA) is 58.5 Å². The van der Waals surface area contributed by atoms with E-state index >= 15 is 0 Å². The molecule has 0 spiro atoms. The van der Waals surface area contributed by atoms with Crippen LogP contribution < -0.4 is 15.4 Å². The number of halogens is 5. The number of hydrogen-bond donors (Lipinski definition) is 2. The summed E-state index contributed by atoms with van der Waals surface area (Å²) in [5, 5.41) is 6.62. The fraction of sp³-hybridized carbons (Fsp3) is 0.333. The molecular weight excluding hydrogens is 524 g/mol. The van der Waals surface area contributed by atoms with Crippen molar-refractivity contribution in [2.45, 2.75) is 26.5 Å². The van der Waals surface area contributed by atoms with Gasteiger partial charge in [0.1, 0.15) is 5.75 Å². The molecule has 0 unspecified atom stereocenters. The summed E-state index contributed by atoms with van der Waals surface area (Å²) in [7, 11) is 0. The Kier molecular flexibility index (Phi) is 11.4. The van der Waals surface area contributed by atoms with E-state index in [4.69, 9.17) is 23.2 Å². The number of aliphatic imine (C=N–C) groups is 1. The first kappa shape index (κ1) is 24.6. The molecule has 10 heteroatoms. The summed E-state index contributed by atoms with van der Waals surface area (Å²) >= 11 is 12.0. The maximum absolute atomic E-state index is 12.6. The van der Waals surface area contributed by atoms with E-state index in [1.807, 2.05) is 19.1 Å². The van der Waals surface area contributed by atoms with Gasteiger partial charge in [0, 0.05) is 36.1 Å². The van der Waals surface area contributed by atoms with Crippen molar-refractivity contribution in [2.75, 3.05) is 13.1 Å². The van der Waals surface area contributed by atoms with Crippen LogP contribution in [-0.2, 0) is 13.0 Å². The van der Waals surface area contributed by atoms with Crippen LogP contribution in [0.2, 0.25) is 10.0 Å². The zero-order chi connectivity index (χ0) is 19.6.